The third kappa shape index (κ3) is 1.90. The SMILES string of the molecule is COc1ccc([C@@]2(O)[C@@H]3[C@@H]4C[C@H]2N(C(=O)OC(C)(C)C)[C@@H]43)cn1. The van der Waals surface area contributed by atoms with Crippen LogP contribution in [-0.4, -0.2) is 45.9 Å². The molecule has 0 unspecified atom stereocenters. The highest BCUT2D eigenvalue weighted by Gasteiger charge is 2.81. The molecule has 6 nitrogen and oxygen atoms in total. The van der Waals surface area contributed by atoms with Crippen molar-refractivity contribution in [2.75, 3.05) is 7.11 Å². The molecule has 0 radical (unpaired) electrons. The van der Waals surface area contributed by atoms with Crippen LogP contribution in [0, 0.1) is 11.8 Å². The number of aromatic nitrogens is 1. The molecule has 4 bridgehead atoms. The molecule has 5 atom stereocenters. The summed E-state index contributed by atoms with van der Waals surface area (Å²) in [4.78, 5) is 18.5. The molecule has 3 heterocycles. The van der Waals surface area contributed by atoms with Crippen LogP contribution in [0.5, 0.6) is 5.88 Å². The van der Waals surface area contributed by atoms with Gasteiger partial charge >= 0.3 is 6.09 Å². The average molecular weight is 318 g/mol. The van der Waals surface area contributed by atoms with Gasteiger partial charge < -0.3 is 14.6 Å². The van der Waals surface area contributed by atoms with Gasteiger partial charge in [0.25, 0.3) is 0 Å². The van der Waals surface area contributed by atoms with E-state index in [-0.39, 0.29) is 24.1 Å². The van der Waals surface area contributed by atoms with Crippen LogP contribution in [0.3, 0.4) is 0 Å². The first-order valence-electron chi connectivity index (χ1n) is 8.01. The summed E-state index contributed by atoms with van der Waals surface area (Å²) in [5, 5.41) is 11.3. The Morgan fingerprint density at radius 3 is 2.70 bits per heavy atom. The topological polar surface area (TPSA) is 71.9 Å². The number of aliphatic hydroxyl groups is 1. The fraction of sp³-hybridized carbons (Fsp3) is 0.647. The van der Waals surface area contributed by atoms with Gasteiger partial charge in [0, 0.05) is 29.8 Å². The van der Waals surface area contributed by atoms with Gasteiger partial charge in [-0.05, 0) is 39.2 Å². The van der Waals surface area contributed by atoms with E-state index in [0.29, 0.717) is 11.8 Å². The average Bonchev–Trinajstić information content (AvgIpc) is 2.81. The first-order valence-corrected chi connectivity index (χ1v) is 8.01. The Morgan fingerprint density at radius 2 is 2.17 bits per heavy atom. The zero-order valence-electron chi connectivity index (χ0n) is 13.8. The van der Waals surface area contributed by atoms with Crippen LogP contribution < -0.4 is 4.74 Å². The van der Waals surface area contributed by atoms with E-state index in [0.717, 1.165) is 12.0 Å². The molecule has 6 heteroatoms. The van der Waals surface area contributed by atoms with Gasteiger partial charge in [-0.3, -0.25) is 4.90 Å². The van der Waals surface area contributed by atoms with Crippen LogP contribution in [0.15, 0.2) is 18.3 Å². The van der Waals surface area contributed by atoms with Gasteiger partial charge in [-0.2, -0.15) is 0 Å². The zero-order valence-corrected chi connectivity index (χ0v) is 13.8. The summed E-state index contributed by atoms with van der Waals surface area (Å²) in [6.45, 7) is 5.57. The Labute approximate surface area is 135 Å². The minimum Gasteiger partial charge on any atom is -0.481 e. The number of carbonyl (C=O) groups is 1. The van der Waals surface area contributed by atoms with Crippen molar-refractivity contribution in [2.45, 2.75) is 50.5 Å². The van der Waals surface area contributed by atoms with Crippen molar-refractivity contribution in [2.24, 2.45) is 11.8 Å². The monoisotopic (exact) mass is 318 g/mol. The number of amides is 1. The second kappa shape index (κ2) is 4.38. The number of hydrogen-bond acceptors (Lipinski definition) is 5. The molecule has 1 amide bonds. The van der Waals surface area contributed by atoms with E-state index in [2.05, 4.69) is 4.98 Å². The van der Waals surface area contributed by atoms with E-state index in [1.165, 1.54) is 0 Å². The van der Waals surface area contributed by atoms with E-state index in [1.54, 1.807) is 24.3 Å². The molecule has 5 rings (SSSR count). The van der Waals surface area contributed by atoms with Crippen molar-refractivity contribution in [3.05, 3.63) is 23.9 Å². The molecule has 2 saturated carbocycles. The highest BCUT2D eigenvalue weighted by molar-refractivity contribution is 5.72. The Kier molecular flexibility index (Phi) is 2.81. The molecule has 4 aliphatic rings. The van der Waals surface area contributed by atoms with Crippen molar-refractivity contribution < 1.29 is 19.4 Å². The molecule has 4 fully saturated rings. The van der Waals surface area contributed by atoms with Crippen molar-refractivity contribution in [3.63, 3.8) is 0 Å². The quantitative estimate of drug-likeness (QED) is 0.902. The molecular formula is C17H22N2O4. The fourth-order valence-corrected chi connectivity index (χ4v) is 4.49. The second-order valence-electron chi connectivity index (χ2n) is 7.73. The summed E-state index contributed by atoms with van der Waals surface area (Å²) >= 11 is 0. The Bertz CT molecular complexity index is 654. The molecule has 23 heavy (non-hydrogen) atoms. The van der Waals surface area contributed by atoms with Crippen LogP contribution in [0.4, 0.5) is 4.79 Å². The fourth-order valence-electron chi connectivity index (χ4n) is 4.49. The standard InChI is InChI=1S/C17H22N2O4/c1-16(2,3)23-15(20)19-11-7-10-13(14(10)19)17(11,21)9-5-6-12(22-4)18-8-9/h5-6,8,10-11,13-14,21H,7H2,1-4H3/t10-,11+,13+,14-,17-/m0/s1. The summed E-state index contributed by atoms with van der Waals surface area (Å²) in [7, 11) is 1.56. The maximum absolute atomic E-state index is 12.5. The van der Waals surface area contributed by atoms with Crippen molar-refractivity contribution >= 4 is 6.09 Å². The number of methoxy groups -OCH3 is 1. The lowest BCUT2D eigenvalue weighted by Gasteiger charge is -2.32. The van der Waals surface area contributed by atoms with Gasteiger partial charge in [0.15, 0.2) is 0 Å². The van der Waals surface area contributed by atoms with Crippen LogP contribution in [0.25, 0.3) is 0 Å². The van der Waals surface area contributed by atoms with Crippen LogP contribution >= 0.6 is 0 Å². The van der Waals surface area contributed by atoms with Crippen molar-refractivity contribution in [3.8, 4) is 5.88 Å². The zero-order chi connectivity index (χ0) is 16.6. The normalized spacial score (nSPS) is 37.0. The van der Waals surface area contributed by atoms with Gasteiger partial charge in [0.2, 0.25) is 5.88 Å². The second-order valence-corrected chi connectivity index (χ2v) is 7.73. The van der Waals surface area contributed by atoms with Crippen molar-refractivity contribution in [1.29, 1.82) is 0 Å². The Hall–Kier alpha value is -1.82. The number of hydrogen-bond donors (Lipinski definition) is 1. The summed E-state index contributed by atoms with van der Waals surface area (Å²) < 4.78 is 10.6. The van der Waals surface area contributed by atoms with E-state index >= 15 is 0 Å². The van der Waals surface area contributed by atoms with Gasteiger partial charge in [-0.15, -0.1) is 0 Å². The molecule has 2 saturated heterocycles. The molecule has 1 aromatic heterocycles. The number of carbonyl (C=O) groups excluding carboxylic acids is 1. The third-order valence-electron chi connectivity index (χ3n) is 5.31. The molecule has 0 aromatic carbocycles. The minimum atomic E-state index is -1.02. The van der Waals surface area contributed by atoms with E-state index < -0.39 is 11.2 Å². The van der Waals surface area contributed by atoms with Gasteiger partial charge in [0.1, 0.15) is 11.2 Å². The van der Waals surface area contributed by atoms with Crippen LogP contribution in [-0.2, 0) is 10.3 Å². The van der Waals surface area contributed by atoms with Crippen LogP contribution in [0.2, 0.25) is 0 Å². The van der Waals surface area contributed by atoms with Crippen LogP contribution in [0.1, 0.15) is 32.8 Å². The first-order chi connectivity index (χ1) is 10.8. The summed E-state index contributed by atoms with van der Waals surface area (Å²) in [5.74, 6) is 0.980. The summed E-state index contributed by atoms with van der Waals surface area (Å²) in [6, 6.07) is 3.46. The van der Waals surface area contributed by atoms with Gasteiger partial charge in [-0.25, -0.2) is 9.78 Å². The number of piperidine rings is 2. The third-order valence-corrected chi connectivity index (χ3v) is 5.31. The maximum atomic E-state index is 12.5. The number of rotatable bonds is 2. The summed E-state index contributed by atoms with van der Waals surface area (Å²) in [5.41, 5.74) is -0.802. The molecule has 2 aliphatic heterocycles. The van der Waals surface area contributed by atoms with Gasteiger partial charge in [-0.1, -0.05) is 0 Å². The summed E-state index contributed by atoms with van der Waals surface area (Å²) in [6.07, 6.45) is 2.16. The Morgan fingerprint density at radius 1 is 1.43 bits per heavy atom. The molecule has 2 aliphatic carbocycles. The highest BCUT2D eigenvalue weighted by Crippen LogP contribution is 2.71. The number of nitrogens with zero attached hydrogens (tertiary/aromatic N) is 2. The van der Waals surface area contributed by atoms with Gasteiger partial charge in [0.05, 0.1) is 13.2 Å². The lowest BCUT2D eigenvalue weighted by atomic mass is 9.88. The minimum absolute atomic E-state index is 0.0928. The lowest BCUT2D eigenvalue weighted by Crippen LogP contribution is -2.45. The van der Waals surface area contributed by atoms with E-state index in [4.69, 9.17) is 9.47 Å². The van der Waals surface area contributed by atoms with E-state index in [1.807, 2.05) is 26.8 Å². The maximum Gasteiger partial charge on any atom is 0.410 e. The lowest BCUT2D eigenvalue weighted by molar-refractivity contribution is -0.0185. The van der Waals surface area contributed by atoms with E-state index in [9.17, 15) is 9.90 Å². The van der Waals surface area contributed by atoms with Crippen molar-refractivity contribution in [1.82, 2.24) is 9.88 Å². The molecule has 124 valence electrons. The predicted molar refractivity (Wildman–Crippen MR) is 81.9 cm³/mol. The predicted octanol–water partition coefficient (Wildman–Crippen LogP) is 1.92. The smallest absolute Gasteiger partial charge is 0.410 e. The molecule has 0 spiro atoms. The largest absolute Gasteiger partial charge is 0.481 e. The first kappa shape index (κ1) is 14.8. The molecule has 1 N–H and O–H groups in total. The Balaban J connectivity index is 1.62. The number of pyridine rings is 1. The molecule has 1 aromatic rings. The molecular weight excluding hydrogens is 296 g/mol. The number of ether oxygens (including phenoxy) is 2. The highest BCUT2D eigenvalue weighted by atomic mass is 16.6.